The quantitative estimate of drug-likeness (QED) is 0.756. The summed E-state index contributed by atoms with van der Waals surface area (Å²) in [4.78, 5) is 0. The van der Waals surface area contributed by atoms with Crippen molar-refractivity contribution in [2.75, 3.05) is 0 Å². The van der Waals surface area contributed by atoms with Crippen LogP contribution in [0.1, 0.15) is 12.5 Å². The molecule has 0 aromatic heterocycles. The Morgan fingerprint density at radius 3 is 2.05 bits per heavy atom. The lowest BCUT2D eigenvalue weighted by atomic mass is 10.00. The molecule has 0 atom stereocenters. The summed E-state index contributed by atoms with van der Waals surface area (Å²) in [6.45, 7) is 4.72. The van der Waals surface area contributed by atoms with E-state index in [-0.39, 0.29) is 11.5 Å². The van der Waals surface area contributed by atoms with Crippen molar-refractivity contribution < 1.29 is 35.8 Å². The molecule has 0 amide bonds. The van der Waals surface area contributed by atoms with Crippen LogP contribution in [0.2, 0.25) is 0 Å². The van der Waals surface area contributed by atoms with E-state index in [1.54, 1.807) is 0 Å². The van der Waals surface area contributed by atoms with Gasteiger partial charge in [0.2, 0.25) is 0 Å². The molecule has 111 valence electrons. The maximum Gasteiger partial charge on any atom is 0.573 e. The zero-order valence-electron chi connectivity index (χ0n) is 10.1. The van der Waals surface area contributed by atoms with Gasteiger partial charge in [-0.1, -0.05) is 25.1 Å². The van der Waals surface area contributed by atoms with Crippen LogP contribution in [0.4, 0.5) is 26.3 Å². The van der Waals surface area contributed by atoms with Gasteiger partial charge >= 0.3 is 12.7 Å². The summed E-state index contributed by atoms with van der Waals surface area (Å²) in [7, 11) is 0. The first-order valence-corrected chi connectivity index (χ1v) is 5.14. The van der Waals surface area contributed by atoms with Gasteiger partial charge in [-0.25, -0.2) is 0 Å². The Morgan fingerprint density at radius 1 is 1.05 bits per heavy atom. The highest BCUT2D eigenvalue weighted by atomic mass is 19.4. The largest absolute Gasteiger partial charge is 0.573 e. The summed E-state index contributed by atoms with van der Waals surface area (Å²) in [6, 6.07) is 3.02. The van der Waals surface area contributed by atoms with Crippen LogP contribution in [0.5, 0.6) is 11.5 Å². The number of para-hydroxylation sites is 1. The van der Waals surface area contributed by atoms with E-state index in [0.717, 1.165) is 12.1 Å². The van der Waals surface area contributed by atoms with Gasteiger partial charge in [0.05, 0.1) is 0 Å². The third-order valence-electron chi connectivity index (χ3n) is 2.15. The summed E-state index contributed by atoms with van der Waals surface area (Å²) in [5.41, 5.74) is -0.195. The van der Waals surface area contributed by atoms with Gasteiger partial charge in [-0.3, -0.25) is 0 Å². The smallest absolute Gasteiger partial charge is 0.402 e. The number of halogens is 6. The van der Waals surface area contributed by atoms with E-state index in [1.807, 2.05) is 0 Å². The molecule has 0 spiro atoms. The van der Waals surface area contributed by atoms with Gasteiger partial charge in [0.25, 0.3) is 0 Å². The van der Waals surface area contributed by atoms with Gasteiger partial charge in [0.15, 0.2) is 11.5 Å². The molecule has 0 heterocycles. The van der Waals surface area contributed by atoms with E-state index in [2.05, 4.69) is 16.1 Å². The number of alkyl halides is 6. The van der Waals surface area contributed by atoms with Crippen molar-refractivity contribution in [2.24, 2.45) is 0 Å². The van der Waals surface area contributed by atoms with E-state index in [0.29, 0.717) is 0 Å². The Hall–Kier alpha value is -1.86. The summed E-state index contributed by atoms with van der Waals surface area (Å²) >= 11 is 0. The van der Waals surface area contributed by atoms with Gasteiger partial charge in [0, 0.05) is 11.5 Å². The van der Waals surface area contributed by atoms with Crippen molar-refractivity contribution in [3.63, 3.8) is 0 Å². The van der Waals surface area contributed by atoms with Crippen LogP contribution >= 0.6 is 0 Å². The molecular weight excluding hydrogens is 290 g/mol. The first kappa shape index (κ1) is 16.2. The van der Waals surface area contributed by atoms with Crippen molar-refractivity contribution in [1.82, 2.24) is 0 Å². The van der Waals surface area contributed by atoms with Crippen LogP contribution in [0, 0.1) is 5.92 Å². The Labute approximate surface area is 110 Å². The SMILES string of the molecule is C=C[C](C)c1cccc(OC(F)(F)F)c1OC(F)(F)F. The molecule has 0 aliphatic rings. The first-order valence-electron chi connectivity index (χ1n) is 5.14. The van der Waals surface area contributed by atoms with Crippen LogP contribution in [-0.4, -0.2) is 12.7 Å². The molecule has 0 saturated carbocycles. The number of allylic oxidation sites excluding steroid dienone is 1. The molecule has 8 heteroatoms. The van der Waals surface area contributed by atoms with E-state index >= 15 is 0 Å². The average Bonchev–Trinajstić information content (AvgIpc) is 2.26. The Bertz CT molecular complexity index is 478. The maximum atomic E-state index is 12.3. The fraction of sp³-hybridized carbons (Fsp3) is 0.250. The van der Waals surface area contributed by atoms with Gasteiger partial charge in [-0.2, -0.15) is 0 Å². The van der Waals surface area contributed by atoms with Crippen LogP contribution in [0.15, 0.2) is 30.9 Å². The lowest BCUT2D eigenvalue weighted by molar-refractivity contribution is -0.287. The standard InChI is InChI=1S/C12H9F6O2/c1-3-7(2)8-5-4-6-9(19-11(13,14)15)10(8)20-12(16,17)18/h3-6H,1H2,2H3. The fourth-order valence-corrected chi connectivity index (χ4v) is 1.36. The Balaban J connectivity index is 3.32. The lowest BCUT2D eigenvalue weighted by Crippen LogP contribution is -2.22. The van der Waals surface area contributed by atoms with E-state index < -0.39 is 24.2 Å². The molecule has 0 saturated heterocycles. The predicted molar refractivity (Wildman–Crippen MR) is 58.0 cm³/mol. The minimum Gasteiger partial charge on any atom is -0.402 e. The van der Waals surface area contributed by atoms with Crippen molar-refractivity contribution >= 4 is 0 Å². The van der Waals surface area contributed by atoms with Gasteiger partial charge in [-0.05, 0) is 6.07 Å². The fourth-order valence-electron chi connectivity index (χ4n) is 1.36. The van der Waals surface area contributed by atoms with Crippen LogP contribution < -0.4 is 9.47 Å². The minimum absolute atomic E-state index is 0.195. The maximum absolute atomic E-state index is 12.3. The second-order valence-corrected chi connectivity index (χ2v) is 3.62. The number of benzene rings is 1. The van der Waals surface area contributed by atoms with Crippen LogP contribution in [0.3, 0.4) is 0 Å². The van der Waals surface area contributed by atoms with Gasteiger partial charge < -0.3 is 9.47 Å². The minimum atomic E-state index is -5.15. The van der Waals surface area contributed by atoms with Crippen molar-refractivity contribution in [2.45, 2.75) is 19.6 Å². The molecule has 1 radical (unpaired) electrons. The third-order valence-corrected chi connectivity index (χ3v) is 2.15. The van der Waals surface area contributed by atoms with Crippen LogP contribution in [0.25, 0.3) is 0 Å². The summed E-state index contributed by atoms with van der Waals surface area (Å²) < 4.78 is 80.7. The molecule has 0 unspecified atom stereocenters. The number of hydrogen-bond acceptors (Lipinski definition) is 2. The van der Waals surface area contributed by atoms with Gasteiger partial charge in [-0.15, -0.1) is 32.9 Å². The number of hydrogen-bond donors (Lipinski definition) is 0. The highest BCUT2D eigenvalue weighted by Crippen LogP contribution is 2.41. The van der Waals surface area contributed by atoms with Crippen molar-refractivity contribution in [1.29, 1.82) is 0 Å². The molecule has 0 fully saturated rings. The summed E-state index contributed by atoms with van der Waals surface area (Å²) in [5, 5.41) is 0. The molecule has 1 aromatic rings. The van der Waals surface area contributed by atoms with Gasteiger partial charge in [0.1, 0.15) is 0 Å². The van der Waals surface area contributed by atoms with Crippen molar-refractivity contribution in [3.05, 3.63) is 42.3 Å². The highest BCUT2D eigenvalue weighted by Gasteiger charge is 2.37. The van der Waals surface area contributed by atoms with Crippen molar-refractivity contribution in [3.8, 4) is 11.5 Å². The predicted octanol–water partition coefficient (Wildman–Crippen LogP) is 4.61. The molecule has 0 aliphatic heterocycles. The summed E-state index contributed by atoms with van der Waals surface area (Å²) in [5.74, 6) is -1.93. The molecule has 20 heavy (non-hydrogen) atoms. The second kappa shape index (κ2) is 5.64. The molecular formula is C12H9F6O2. The van der Waals surface area contributed by atoms with Crippen LogP contribution in [-0.2, 0) is 0 Å². The molecule has 2 nitrogen and oxygen atoms in total. The zero-order chi connectivity index (χ0) is 15.6. The molecule has 0 N–H and O–H groups in total. The number of ether oxygens (including phenoxy) is 2. The first-order chi connectivity index (χ1) is 9.03. The average molecular weight is 299 g/mol. The molecule has 0 bridgehead atoms. The molecule has 1 rings (SSSR count). The van der Waals surface area contributed by atoms with E-state index in [4.69, 9.17) is 0 Å². The van der Waals surface area contributed by atoms with E-state index in [9.17, 15) is 26.3 Å². The Morgan fingerprint density at radius 2 is 1.60 bits per heavy atom. The summed E-state index contributed by atoms with van der Waals surface area (Å²) in [6.07, 6.45) is -9.10. The molecule has 0 aliphatic carbocycles. The second-order valence-electron chi connectivity index (χ2n) is 3.62. The normalized spacial score (nSPS) is 12.4. The number of rotatable bonds is 4. The molecule has 1 aromatic carbocycles. The third kappa shape index (κ3) is 4.67. The topological polar surface area (TPSA) is 18.5 Å². The van der Waals surface area contributed by atoms with E-state index in [1.165, 1.54) is 19.1 Å². The lowest BCUT2D eigenvalue weighted by Gasteiger charge is -2.19. The highest BCUT2D eigenvalue weighted by molar-refractivity contribution is 5.54. The monoisotopic (exact) mass is 299 g/mol. The Kier molecular flexibility index (Phi) is 4.57. The zero-order valence-corrected chi connectivity index (χ0v) is 10.1.